The molecule has 0 amide bonds. The number of ether oxygens (including phenoxy) is 2. The van der Waals surface area contributed by atoms with Crippen molar-refractivity contribution in [2.45, 2.75) is 37.8 Å². The lowest BCUT2D eigenvalue weighted by molar-refractivity contribution is -0.275. The van der Waals surface area contributed by atoms with E-state index in [2.05, 4.69) is 10.2 Å². The average Bonchev–Trinajstić information content (AvgIpc) is 2.78. The van der Waals surface area contributed by atoms with E-state index in [0.29, 0.717) is 18.6 Å². The maximum atomic E-state index is 12.5. The van der Waals surface area contributed by atoms with Crippen LogP contribution in [0.15, 0.2) is 24.3 Å². The van der Waals surface area contributed by atoms with Gasteiger partial charge in [0.2, 0.25) is 0 Å². The summed E-state index contributed by atoms with van der Waals surface area (Å²) in [7, 11) is 0. The van der Waals surface area contributed by atoms with Crippen LogP contribution in [0.25, 0.3) is 0 Å². The van der Waals surface area contributed by atoms with Crippen LogP contribution in [0, 0.1) is 0 Å². The lowest BCUT2D eigenvalue weighted by atomic mass is 9.87. The summed E-state index contributed by atoms with van der Waals surface area (Å²) in [5.41, 5.74) is 2.23. The van der Waals surface area contributed by atoms with Crippen molar-refractivity contribution in [2.75, 3.05) is 6.61 Å². The summed E-state index contributed by atoms with van der Waals surface area (Å²) in [6.07, 6.45) is -3.19. The van der Waals surface area contributed by atoms with Gasteiger partial charge >= 0.3 is 6.36 Å². The van der Waals surface area contributed by atoms with Gasteiger partial charge in [0.15, 0.2) is 0 Å². The van der Waals surface area contributed by atoms with Crippen LogP contribution in [0.5, 0.6) is 5.75 Å². The first-order valence-corrected chi connectivity index (χ1v) is 6.30. The minimum atomic E-state index is -4.74. The van der Waals surface area contributed by atoms with Gasteiger partial charge in [-0.1, -0.05) is 18.2 Å². The Morgan fingerprint density at radius 1 is 1.40 bits per heavy atom. The number of nitrogens with two attached hydrogens (primary N) is 1. The maximum Gasteiger partial charge on any atom is 0.573 e. The number of hydrogen-bond donors (Lipinski definition) is 2. The zero-order valence-corrected chi connectivity index (χ0v) is 11.0. The molecule has 7 heteroatoms. The second-order valence-electron chi connectivity index (χ2n) is 4.95. The van der Waals surface area contributed by atoms with Crippen molar-refractivity contribution >= 4 is 0 Å². The first-order valence-electron chi connectivity index (χ1n) is 6.30. The molecule has 0 bridgehead atoms. The van der Waals surface area contributed by atoms with Gasteiger partial charge in [-0.15, -0.1) is 13.2 Å². The Labute approximate surface area is 115 Å². The normalized spacial score (nSPS) is 24.6. The second-order valence-corrected chi connectivity index (χ2v) is 4.95. The van der Waals surface area contributed by atoms with Crippen LogP contribution in [0.4, 0.5) is 13.2 Å². The van der Waals surface area contributed by atoms with E-state index in [1.165, 1.54) is 12.1 Å². The third kappa shape index (κ3) is 3.23. The van der Waals surface area contributed by atoms with Crippen LogP contribution in [0.1, 0.15) is 31.4 Å². The van der Waals surface area contributed by atoms with E-state index in [9.17, 15) is 13.2 Å². The largest absolute Gasteiger partial charge is 0.573 e. The highest BCUT2D eigenvalue weighted by Gasteiger charge is 2.41. The van der Waals surface area contributed by atoms with E-state index in [1.54, 1.807) is 12.1 Å². The Balaban J connectivity index is 2.34. The summed E-state index contributed by atoms with van der Waals surface area (Å²) in [5, 5.41) is 0. The van der Waals surface area contributed by atoms with Gasteiger partial charge in [0.05, 0.1) is 11.6 Å². The molecular formula is C13H17F3N2O2. The molecule has 2 atom stereocenters. The third-order valence-corrected chi connectivity index (χ3v) is 3.48. The number of nitrogens with one attached hydrogen (secondary N) is 1. The van der Waals surface area contributed by atoms with E-state index < -0.39 is 18.0 Å². The Hall–Kier alpha value is -1.31. The molecule has 20 heavy (non-hydrogen) atoms. The molecule has 0 radical (unpaired) electrons. The lowest BCUT2D eigenvalue weighted by Gasteiger charge is -2.34. The Bertz CT molecular complexity index is 459. The van der Waals surface area contributed by atoms with E-state index in [1.807, 2.05) is 6.92 Å². The highest BCUT2D eigenvalue weighted by molar-refractivity contribution is 5.37. The number of alkyl halides is 3. The minimum Gasteiger partial charge on any atom is -0.405 e. The average molecular weight is 290 g/mol. The third-order valence-electron chi connectivity index (χ3n) is 3.48. The zero-order valence-electron chi connectivity index (χ0n) is 11.0. The van der Waals surface area contributed by atoms with Crippen LogP contribution >= 0.6 is 0 Å². The van der Waals surface area contributed by atoms with Gasteiger partial charge in [0.25, 0.3) is 0 Å². The van der Waals surface area contributed by atoms with Crippen molar-refractivity contribution in [2.24, 2.45) is 5.84 Å². The van der Waals surface area contributed by atoms with E-state index in [-0.39, 0.29) is 5.75 Å². The lowest BCUT2D eigenvalue weighted by Crippen LogP contribution is -2.44. The number of para-hydroxylation sites is 1. The SMILES string of the molecule is CC1(C(NN)c2ccccc2OC(F)(F)F)CCCO1. The molecule has 4 nitrogen and oxygen atoms in total. The number of hydrogen-bond acceptors (Lipinski definition) is 4. The summed E-state index contributed by atoms with van der Waals surface area (Å²) >= 11 is 0. The molecule has 3 N–H and O–H groups in total. The van der Waals surface area contributed by atoms with Crippen molar-refractivity contribution in [1.29, 1.82) is 0 Å². The van der Waals surface area contributed by atoms with E-state index in [4.69, 9.17) is 10.6 Å². The molecule has 1 aliphatic rings. The van der Waals surface area contributed by atoms with Gasteiger partial charge in [-0.2, -0.15) is 0 Å². The van der Waals surface area contributed by atoms with Crippen molar-refractivity contribution in [1.82, 2.24) is 5.43 Å². The number of hydrazine groups is 1. The fourth-order valence-electron chi connectivity index (χ4n) is 2.56. The maximum absolute atomic E-state index is 12.5. The molecular weight excluding hydrogens is 273 g/mol. The first kappa shape index (κ1) is 15.1. The predicted molar refractivity (Wildman–Crippen MR) is 66.8 cm³/mol. The molecule has 0 aromatic heterocycles. The number of benzene rings is 1. The first-order chi connectivity index (χ1) is 9.36. The second kappa shape index (κ2) is 5.59. The van der Waals surface area contributed by atoms with Gasteiger partial charge in [-0.3, -0.25) is 5.84 Å². The number of halogens is 3. The Morgan fingerprint density at radius 2 is 2.10 bits per heavy atom. The fourth-order valence-corrected chi connectivity index (χ4v) is 2.56. The van der Waals surface area contributed by atoms with Gasteiger partial charge in [-0.25, -0.2) is 5.43 Å². The van der Waals surface area contributed by atoms with Crippen molar-refractivity contribution < 1.29 is 22.6 Å². The molecule has 1 fully saturated rings. The molecule has 0 spiro atoms. The molecule has 0 saturated carbocycles. The highest BCUT2D eigenvalue weighted by Crippen LogP contribution is 2.41. The van der Waals surface area contributed by atoms with Gasteiger partial charge in [0, 0.05) is 12.2 Å². The van der Waals surface area contributed by atoms with Gasteiger partial charge in [-0.05, 0) is 25.8 Å². The molecule has 0 aliphatic carbocycles. The Kier molecular flexibility index (Phi) is 4.22. The van der Waals surface area contributed by atoms with E-state index in [0.717, 1.165) is 6.42 Å². The molecule has 112 valence electrons. The molecule has 1 saturated heterocycles. The van der Waals surface area contributed by atoms with Gasteiger partial charge in [0.1, 0.15) is 5.75 Å². The molecule has 1 heterocycles. The van der Waals surface area contributed by atoms with Crippen LogP contribution < -0.4 is 16.0 Å². The summed E-state index contributed by atoms with van der Waals surface area (Å²) in [5.74, 6) is 5.27. The predicted octanol–water partition coefficient (Wildman–Crippen LogP) is 2.66. The van der Waals surface area contributed by atoms with E-state index >= 15 is 0 Å². The monoisotopic (exact) mass is 290 g/mol. The molecule has 2 unspecified atom stereocenters. The molecule has 1 aliphatic heterocycles. The molecule has 1 aromatic rings. The topological polar surface area (TPSA) is 56.5 Å². The van der Waals surface area contributed by atoms with Crippen LogP contribution in [0.3, 0.4) is 0 Å². The Morgan fingerprint density at radius 3 is 2.65 bits per heavy atom. The zero-order chi connectivity index (χ0) is 14.8. The number of rotatable bonds is 4. The van der Waals surface area contributed by atoms with Crippen molar-refractivity contribution in [3.63, 3.8) is 0 Å². The fraction of sp³-hybridized carbons (Fsp3) is 0.538. The van der Waals surface area contributed by atoms with Crippen LogP contribution in [-0.4, -0.2) is 18.6 Å². The minimum absolute atomic E-state index is 0.264. The standard InChI is InChI=1S/C13H17F3N2O2/c1-12(7-4-8-19-12)11(18-17)9-5-2-3-6-10(9)20-13(14,15)16/h2-3,5-6,11,18H,4,7-8,17H2,1H3. The summed E-state index contributed by atoms with van der Waals surface area (Å²) in [6, 6.07) is 5.37. The van der Waals surface area contributed by atoms with Crippen molar-refractivity contribution in [3.8, 4) is 5.75 Å². The van der Waals surface area contributed by atoms with Crippen molar-refractivity contribution in [3.05, 3.63) is 29.8 Å². The molecule has 2 rings (SSSR count). The smallest absolute Gasteiger partial charge is 0.405 e. The summed E-state index contributed by atoms with van der Waals surface area (Å²) in [4.78, 5) is 0. The highest BCUT2D eigenvalue weighted by atomic mass is 19.4. The summed E-state index contributed by atoms with van der Waals surface area (Å²) < 4.78 is 47.1. The van der Waals surface area contributed by atoms with Crippen LogP contribution in [0.2, 0.25) is 0 Å². The quantitative estimate of drug-likeness (QED) is 0.661. The van der Waals surface area contributed by atoms with Crippen LogP contribution in [-0.2, 0) is 4.74 Å². The van der Waals surface area contributed by atoms with Gasteiger partial charge < -0.3 is 9.47 Å². The molecule has 1 aromatic carbocycles. The summed E-state index contributed by atoms with van der Waals surface area (Å²) in [6.45, 7) is 2.39.